The van der Waals surface area contributed by atoms with Gasteiger partial charge in [-0.2, -0.15) is 0 Å². The molecule has 0 fully saturated rings. The van der Waals surface area contributed by atoms with E-state index < -0.39 is 5.97 Å². The van der Waals surface area contributed by atoms with Crippen molar-refractivity contribution in [1.82, 2.24) is 0 Å². The topological polar surface area (TPSA) is 114 Å². The zero-order valence-corrected chi connectivity index (χ0v) is 19.5. The number of nitrogens with two attached hydrogens (primary N) is 2. The molecule has 34 heavy (non-hydrogen) atoms. The second kappa shape index (κ2) is 11.4. The number of esters is 1. The summed E-state index contributed by atoms with van der Waals surface area (Å²) in [5.74, 6) is -0.0743. The lowest BCUT2D eigenvalue weighted by Crippen LogP contribution is -2.14. The van der Waals surface area contributed by atoms with Gasteiger partial charge in [0.1, 0.15) is 5.75 Å². The highest BCUT2D eigenvalue weighted by Crippen LogP contribution is 2.35. The highest BCUT2D eigenvalue weighted by Gasteiger charge is 2.22. The van der Waals surface area contributed by atoms with Gasteiger partial charge in [0.2, 0.25) is 6.29 Å². The molecule has 1 radical (unpaired) electrons. The minimum Gasteiger partial charge on any atom is -0.426 e. The highest BCUT2D eigenvalue weighted by molar-refractivity contribution is 5.78. The molecule has 0 saturated heterocycles. The third-order valence-corrected chi connectivity index (χ3v) is 5.60. The third-order valence-electron chi connectivity index (χ3n) is 5.60. The van der Waals surface area contributed by atoms with E-state index in [9.17, 15) is 9.59 Å². The fraction of sp³-hybridized carbons (Fsp3) is 0.259. The smallest absolute Gasteiger partial charge is 0.308 e. The Morgan fingerprint density at radius 3 is 1.56 bits per heavy atom. The zero-order valence-electron chi connectivity index (χ0n) is 19.5. The molecule has 0 heterocycles. The molecule has 2 atom stereocenters. The first kappa shape index (κ1) is 25.0. The van der Waals surface area contributed by atoms with Crippen molar-refractivity contribution >= 4 is 23.6 Å². The number of hydrogen-bond donors (Lipinski definition) is 2. The number of anilines is 2. The summed E-state index contributed by atoms with van der Waals surface area (Å²) in [4.78, 5) is 23.7. The van der Waals surface area contributed by atoms with Crippen molar-refractivity contribution in [3.63, 3.8) is 0 Å². The molecule has 7 nitrogen and oxygen atoms in total. The van der Waals surface area contributed by atoms with E-state index in [1.54, 1.807) is 50.6 Å². The first-order valence-corrected chi connectivity index (χ1v) is 10.8. The van der Waals surface area contributed by atoms with Gasteiger partial charge in [-0.25, -0.2) is 0 Å². The van der Waals surface area contributed by atoms with E-state index in [-0.39, 0.29) is 12.2 Å². The highest BCUT2D eigenvalue weighted by atomic mass is 16.5. The summed E-state index contributed by atoms with van der Waals surface area (Å²) in [7, 11) is 3.20. The van der Waals surface area contributed by atoms with E-state index in [0.29, 0.717) is 46.7 Å². The van der Waals surface area contributed by atoms with Crippen LogP contribution in [-0.2, 0) is 31.9 Å². The Hall–Kier alpha value is -3.68. The first-order valence-electron chi connectivity index (χ1n) is 10.8. The molecule has 0 spiro atoms. The van der Waals surface area contributed by atoms with Crippen molar-refractivity contribution in [3.8, 4) is 5.75 Å². The lowest BCUT2D eigenvalue weighted by atomic mass is 9.93. The fourth-order valence-corrected chi connectivity index (χ4v) is 3.89. The zero-order chi connectivity index (χ0) is 24.7. The molecule has 0 aliphatic rings. The van der Waals surface area contributed by atoms with Gasteiger partial charge >= 0.3 is 5.97 Å². The number of hydrogen-bond acceptors (Lipinski definition) is 7. The number of methoxy groups -OCH3 is 2. The van der Waals surface area contributed by atoms with Gasteiger partial charge in [0.25, 0.3) is 0 Å². The summed E-state index contributed by atoms with van der Waals surface area (Å²) in [6, 6.07) is 18.1. The Labute approximate surface area is 199 Å². The minimum absolute atomic E-state index is 0.347. The number of ether oxygens (including phenoxy) is 3. The van der Waals surface area contributed by atoms with Crippen LogP contribution >= 0.6 is 0 Å². The van der Waals surface area contributed by atoms with Gasteiger partial charge in [-0.3, -0.25) is 9.59 Å². The van der Waals surface area contributed by atoms with Gasteiger partial charge in [-0.1, -0.05) is 24.3 Å². The van der Waals surface area contributed by atoms with Crippen molar-refractivity contribution < 1.29 is 23.8 Å². The van der Waals surface area contributed by atoms with E-state index in [2.05, 4.69) is 0 Å². The first-order chi connectivity index (χ1) is 16.3. The fourth-order valence-electron chi connectivity index (χ4n) is 3.89. The van der Waals surface area contributed by atoms with Crippen molar-refractivity contribution in [1.29, 1.82) is 0 Å². The van der Waals surface area contributed by atoms with Crippen LogP contribution in [-0.4, -0.2) is 26.5 Å². The number of nitrogen functional groups attached to an aromatic ring is 2. The monoisotopic (exact) mass is 461 g/mol. The Bertz CT molecular complexity index is 1050. The molecule has 0 bridgehead atoms. The predicted octanol–water partition coefficient (Wildman–Crippen LogP) is 4.09. The van der Waals surface area contributed by atoms with Crippen LogP contribution in [0.2, 0.25) is 0 Å². The van der Waals surface area contributed by atoms with Crippen LogP contribution < -0.4 is 16.2 Å². The van der Waals surface area contributed by atoms with Gasteiger partial charge in [0.15, 0.2) is 0 Å². The van der Waals surface area contributed by atoms with Crippen LogP contribution in [0.3, 0.4) is 0 Å². The van der Waals surface area contributed by atoms with E-state index >= 15 is 0 Å². The quantitative estimate of drug-likeness (QED) is 0.265. The van der Waals surface area contributed by atoms with Gasteiger partial charge in [0, 0.05) is 50.9 Å². The second-order valence-corrected chi connectivity index (χ2v) is 8.01. The summed E-state index contributed by atoms with van der Waals surface area (Å²) in [6.45, 7) is 1.34. The molecule has 3 aromatic carbocycles. The lowest BCUT2D eigenvalue weighted by molar-refractivity contribution is -0.132. The van der Waals surface area contributed by atoms with Crippen molar-refractivity contribution in [3.05, 3.63) is 88.5 Å². The number of rotatable bonds is 10. The number of carbonyl (C=O) groups excluding carboxylic acids is 2. The summed E-state index contributed by atoms with van der Waals surface area (Å²) in [5, 5.41) is 0. The maximum absolute atomic E-state index is 12.0. The molecule has 0 aromatic heterocycles. The number of benzene rings is 3. The van der Waals surface area contributed by atoms with E-state index in [1.165, 1.54) is 6.92 Å². The van der Waals surface area contributed by atoms with Crippen molar-refractivity contribution in [2.75, 3.05) is 25.7 Å². The van der Waals surface area contributed by atoms with E-state index in [0.717, 1.165) is 11.1 Å². The van der Waals surface area contributed by atoms with Gasteiger partial charge in [-0.15, -0.1) is 0 Å². The minimum atomic E-state index is -0.465. The molecule has 3 rings (SSSR count). The van der Waals surface area contributed by atoms with Crippen molar-refractivity contribution in [2.45, 2.75) is 32.0 Å². The predicted molar refractivity (Wildman–Crippen MR) is 131 cm³/mol. The maximum Gasteiger partial charge on any atom is 0.308 e. The summed E-state index contributed by atoms with van der Waals surface area (Å²) >= 11 is 0. The maximum atomic E-state index is 12.0. The van der Waals surface area contributed by atoms with Crippen LogP contribution in [0.15, 0.2) is 60.7 Å². The molecule has 177 valence electrons. The van der Waals surface area contributed by atoms with E-state index in [4.69, 9.17) is 25.7 Å². The standard InChI is InChI=1S/C27H29N2O5/c1-17(31)34-27-21(14-25(32-2)19-4-8-23(28)9-5-19)12-18(16-30)13-22(27)15-26(33-3)20-6-10-24(29)11-7-20/h4-13,25-26H,14-15,28-29H2,1-3H3. The van der Waals surface area contributed by atoms with Gasteiger partial charge in [-0.05, 0) is 58.7 Å². The summed E-state index contributed by atoms with van der Waals surface area (Å²) in [6.07, 6.45) is 2.00. The van der Waals surface area contributed by atoms with Gasteiger partial charge < -0.3 is 25.7 Å². The average Bonchev–Trinajstić information content (AvgIpc) is 2.83. The third kappa shape index (κ3) is 6.21. The molecule has 0 amide bonds. The lowest BCUT2D eigenvalue weighted by Gasteiger charge is -2.22. The Morgan fingerprint density at radius 1 is 0.824 bits per heavy atom. The largest absolute Gasteiger partial charge is 0.426 e. The summed E-state index contributed by atoms with van der Waals surface area (Å²) < 4.78 is 17.1. The SMILES string of the molecule is COC(Cc1cc([C]=O)cc(CC(OC)c2ccc(N)cc2)c1OC(C)=O)c1ccc(N)cc1. The molecule has 4 N–H and O–H groups in total. The molecule has 7 heteroatoms. The van der Waals surface area contributed by atoms with Crippen LogP contribution in [0, 0.1) is 0 Å². The molecule has 3 aromatic rings. The van der Waals surface area contributed by atoms with Crippen molar-refractivity contribution in [2.24, 2.45) is 0 Å². The number of carbonyl (C=O) groups is 1. The Balaban J connectivity index is 2.03. The second-order valence-electron chi connectivity index (χ2n) is 8.01. The van der Waals surface area contributed by atoms with Gasteiger partial charge in [0.05, 0.1) is 12.2 Å². The van der Waals surface area contributed by atoms with E-state index in [1.807, 2.05) is 30.6 Å². The van der Waals surface area contributed by atoms with Crippen LogP contribution in [0.25, 0.3) is 0 Å². The Morgan fingerprint density at radius 2 is 1.24 bits per heavy atom. The van der Waals surface area contributed by atoms with Crippen LogP contribution in [0.5, 0.6) is 5.75 Å². The average molecular weight is 462 g/mol. The molecular weight excluding hydrogens is 432 g/mol. The van der Waals surface area contributed by atoms with Crippen LogP contribution in [0.1, 0.15) is 46.9 Å². The normalized spacial score (nSPS) is 12.7. The molecule has 0 saturated carbocycles. The molecular formula is C27H29N2O5. The molecule has 2 unspecified atom stereocenters. The molecule has 0 aliphatic carbocycles. The summed E-state index contributed by atoms with van der Waals surface area (Å²) in [5.41, 5.74) is 16.4. The Kier molecular flexibility index (Phi) is 8.40. The van der Waals surface area contributed by atoms with Crippen LogP contribution in [0.4, 0.5) is 11.4 Å². The molecule has 0 aliphatic heterocycles.